The van der Waals surface area contributed by atoms with Gasteiger partial charge in [-0.2, -0.15) is 0 Å². The van der Waals surface area contributed by atoms with Crippen molar-refractivity contribution >= 4 is 38.9 Å². The average molecular weight is 367 g/mol. The molecule has 0 saturated carbocycles. The smallest absolute Gasteiger partial charge is 0.245 e. The number of hydrogen-bond donors (Lipinski definition) is 1. The van der Waals surface area contributed by atoms with Gasteiger partial charge in [0.1, 0.15) is 6.54 Å². The summed E-state index contributed by atoms with van der Waals surface area (Å²) < 4.78 is 25.1. The first-order valence-corrected chi connectivity index (χ1v) is 9.50. The lowest BCUT2D eigenvalue weighted by atomic mass is 10.1. The second-order valence-electron chi connectivity index (χ2n) is 5.59. The van der Waals surface area contributed by atoms with E-state index in [1.165, 1.54) is 0 Å². The highest BCUT2D eigenvalue weighted by molar-refractivity contribution is 7.92. The van der Waals surface area contributed by atoms with Gasteiger partial charge in [-0.15, -0.1) is 0 Å². The maximum absolute atomic E-state index is 12.4. The van der Waals surface area contributed by atoms with E-state index >= 15 is 0 Å². The zero-order chi connectivity index (χ0) is 17.9. The number of halogens is 1. The molecule has 0 aliphatic heterocycles. The molecule has 128 valence electrons. The first-order valence-electron chi connectivity index (χ1n) is 7.28. The van der Waals surface area contributed by atoms with Crippen LogP contribution in [0.2, 0.25) is 5.02 Å². The molecule has 2 aromatic carbocycles. The summed E-state index contributed by atoms with van der Waals surface area (Å²) >= 11 is 6.18. The van der Waals surface area contributed by atoms with E-state index in [-0.39, 0.29) is 6.54 Å². The number of anilines is 2. The molecule has 0 unspecified atom stereocenters. The maximum Gasteiger partial charge on any atom is 0.245 e. The molecule has 0 aliphatic rings. The Morgan fingerprint density at radius 1 is 1.17 bits per heavy atom. The standard InChI is InChI=1S/C17H19ClN2O3S/c1-12-9-13(2)17(15(18)10-12)19-16(21)11-20(24(3,22)23)14-7-5-4-6-8-14/h4-10H,11H2,1-3H3,(H,19,21). The number of nitrogens with one attached hydrogen (secondary N) is 1. The minimum Gasteiger partial charge on any atom is -0.323 e. The van der Waals surface area contributed by atoms with Crippen LogP contribution in [0.5, 0.6) is 0 Å². The fourth-order valence-electron chi connectivity index (χ4n) is 2.38. The number of aryl methyl sites for hydroxylation is 2. The second-order valence-corrected chi connectivity index (χ2v) is 7.91. The molecule has 0 heterocycles. The van der Waals surface area contributed by atoms with Crippen LogP contribution >= 0.6 is 11.6 Å². The Hall–Kier alpha value is -2.05. The van der Waals surface area contributed by atoms with Crippen LogP contribution in [0.25, 0.3) is 0 Å². The van der Waals surface area contributed by atoms with Crippen LogP contribution in [-0.2, 0) is 14.8 Å². The summed E-state index contributed by atoms with van der Waals surface area (Å²) in [4.78, 5) is 12.4. The van der Waals surface area contributed by atoms with Crippen LogP contribution in [0.4, 0.5) is 11.4 Å². The topological polar surface area (TPSA) is 66.5 Å². The maximum atomic E-state index is 12.4. The fourth-order valence-corrected chi connectivity index (χ4v) is 3.60. The van der Waals surface area contributed by atoms with Gasteiger partial charge in [0, 0.05) is 0 Å². The fraction of sp³-hybridized carbons (Fsp3) is 0.235. The summed E-state index contributed by atoms with van der Waals surface area (Å²) in [6.07, 6.45) is 1.07. The van der Waals surface area contributed by atoms with E-state index in [9.17, 15) is 13.2 Å². The molecule has 0 atom stereocenters. The van der Waals surface area contributed by atoms with Gasteiger partial charge in [0.15, 0.2) is 0 Å². The third-order valence-corrected chi connectivity index (χ3v) is 4.87. The molecule has 1 amide bonds. The first-order chi connectivity index (χ1) is 11.2. The van der Waals surface area contributed by atoms with E-state index in [0.717, 1.165) is 21.7 Å². The normalized spacial score (nSPS) is 11.2. The highest BCUT2D eigenvalue weighted by Gasteiger charge is 2.21. The van der Waals surface area contributed by atoms with E-state index in [2.05, 4.69) is 5.32 Å². The van der Waals surface area contributed by atoms with Crippen molar-refractivity contribution in [1.82, 2.24) is 0 Å². The minimum atomic E-state index is -3.59. The number of hydrogen-bond acceptors (Lipinski definition) is 3. The van der Waals surface area contributed by atoms with Crippen molar-refractivity contribution in [3.8, 4) is 0 Å². The molecule has 0 fully saturated rings. The SMILES string of the molecule is Cc1cc(C)c(NC(=O)CN(c2ccccc2)S(C)(=O)=O)c(Cl)c1. The van der Waals surface area contributed by atoms with E-state index < -0.39 is 15.9 Å². The highest BCUT2D eigenvalue weighted by atomic mass is 35.5. The summed E-state index contributed by atoms with van der Waals surface area (Å²) in [6, 6.07) is 12.1. The van der Waals surface area contributed by atoms with Gasteiger partial charge >= 0.3 is 0 Å². The Kier molecular flexibility index (Phi) is 5.51. The number of para-hydroxylation sites is 1. The van der Waals surface area contributed by atoms with Gasteiger partial charge in [0.05, 0.1) is 22.7 Å². The van der Waals surface area contributed by atoms with Crippen LogP contribution in [0.3, 0.4) is 0 Å². The van der Waals surface area contributed by atoms with Crippen molar-refractivity contribution in [3.05, 3.63) is 58.6 Å². The van der Waals surface area contributed by atoms with Crippen molar-refractivity contribution in [2.75, 3.05) is 22.4 Å². The molecule has 0 bridgehead atoms. The number of sulfonamides is 1. The third-order valence-electron chi connectivity index (χ3n) is 3.43. The Labute approximate surface area is 147 Å². The molecule has 0 radical (unpaired) electrons. The van der Waals surface area contributed by atoms with Gasteiger partial charge in [0.2, 0.25) is 15.9 Å². The molecular weight excluding hydrogens is 348 g/mol. The molecule has 0 saturated heterocycles. The highest BCUT2D eigenvalue weighted by Crippen LogP contribution is 2.27. The van der Waals surface area contributed by atoms with Crippen molar-refractivity contribution in [3.63, 3.8) is 0 Å². The summed E-state index contributed by atoms with van der Waals surface area (Å²) in [5.41, 5.74) is 2.73. The molecule has 24 heavy (non-hydrogen) atoms. The lowest BCUT2D eigenvalue weighted by molar-refractivity contribution is -0.114. The number of nitrogens with zero attached hydrogens (tertiary/aromatic N) is 1. The molecular formula is C17H19ClN2O3S. The quantitative estimate of drug-likeness (QED) is 0.882. The van der Waals surface area contributed by atoms with Crippen molar-refractivity contribution < 1.29 is 13.2 Å². The first kappa shape index (κ1) is 18.3. The summed E-state index contributed by atoms with van der Waals surface area (Å²) in [6.45, 7) is 3.41. The molecule has 5 nitrogen and oxygen atoms in total. The number of benzene rings is 2. The lowest BCUT2D eigenvalue weighted by Crippen LogP contribution is -2.37. The third kappa shape index (κ3) is 4.49. The Balaban J connectivity index is 2.24. The summed E-state index contributed by atoms with van der Waals surface area (Å²) in [7, 11) is -3.59. The lowest BCUT2D eigenvalue weighted by Gasteiger charge is -2.22. The van der Waals surface area contributed by atoms with E-state index in [1.807, 2.05) is 19.9 Å². The van der Waals surface area contributed by atoms with Gasteiger partial charge in [0.25, 0.3) is 0 Å². The summed E-state index contributed by atoms with van der Waals surface area (Å²) in [5, 5.41) is 3.12. The van der Waals surface area contributed by atoms with Crippen LogP contribution in [0, 0.1) is 13.8 Å². The Morgan fingerprint density at radius 2 is 1.79 bits per heavy atom. The van der Waals surface area contributed by atoms with Crippen molar-refractivity contribution in [1.29, 1.82) is 0 Å². The zero-order valence-corrected chi connectivity index (χ0v) is 15.3. The Morgan fingerprint density at radius 3 is 2.33 bits per heavy atom. The second kappa shape index (κ2) is 7.23. The predicted molar refractivity (Wildman–Crippen MR) is 98.2 cm³/mol. The molecule has 0 aromatic heterocycles. The van der Waals surface area contributed by atoms with Gasteiger partial charge < -0.3 is 5.32 Å². The molecule has 2 aromatic rings. The number of carbonyl (C=O) groups excluding carboxylic acids is 1. The molecule has 0 aliphatic carbocycles. The van der Waals surface area contributed by atoms with E-state index in [4.69, 9.17) is 11.6 Å². The number of rotatable bonds is 5. The monoisotopic (exact) mass is 366 g/mol. The van der Waals surface area contributed by atoms with Gasteiger partial charge in [-0.3, -0.25) is 9.10 Å². The van der Waals surface area contributed by atoms with E-state index in [0.29, 0.717) is 16.4 Å². The minimum absolute atomic E-state index is 0.327. The molecule has 0 spiro atoms. The van der Waals surface area contributed by atoms with Crippen LogP contribution in [-0.4, -0.2) is 27.1 Å². The van der Waals surface area contributed by atoms with Gasteiger partial charge in [-0.25, -0.2) is 8.42 Å². The van der Waals surface area contributed by atoms with Crippen LogP contribution in [0.1, 0.15) is 11.1 Å². The average Bonchev–Trinajstić information content (AvgIpc) is 2.48. The summed E-state index contributed by atoms with van der Waals surface area (Å²) in [5.74, 6) is -0.460. The zero-order valence-electron chi connectivity index (χ0n) is 13.7. The molecule has 1 N–H and O–H groups in total. The predicted octanol–water partition coefficient (Wildman–Crippen LogP) is 3.36. The van der Waals surface area contributed by atoms with Gasteiger partial charge in [-0.1, -0.05) is 35.9 Å². The molecule has 7 heteroatoms. The Bertz CT molecular complexity index is 828. The van der Waals surface area contributed by atoms with E-state index in [1.54, 1.807) is 36.4 Å². The largest absolute Gasteiger partial charge is 0.323 e. The van der Waals surface area contributed by atoms with Crippen LogP contribution < -0.4 is 9.62 Å². The number of amides is 1. The van der Waals surface area contributed by atoms with Crippen molar-refractivity contribution in [2.24, 2.45) is 0 Å². The molecule has 2 rings (SSSR count). The van der Waals surface area contributed by atoms with Crippen molar-refractivity contribution in [2.45, 2.75) is 13.8 Å². The van der Waals surface area contributed by atoms with Crippen LogP contribution in [0.15, 0.2) is 42.5 Å². The van der Waals surface area contributed by atoms with Gasteiger partial charge in [-0.05, 0) is 43.2 Å². The number of carbonyl (C=O) groups is 1.